The summed E-state index contributed by atoms with van der Waals surface area (Å²) < 4.78 is 5.37. The maximum atomic E-state index is 5.37. The van der Waals surface area contributed by atoms with Crippen molar-refractivity contribution < 1.29 is 4.74 Å². The second-order valence-corrected chi connectivity index (χ2v) is 5.47. The highest BCUT2D eigenvalue weighted by molar-refractivity contribution is 5.58. The molecule has 0 atom stereocenters. The molecule has 3 nitrogen and oxygen atoms in total. The van der Waals surface area contributed by atoms with Gasteiger partial charge in [-0.25, -0.2) is 0 Å². The van der Waals surface area contributed by atoms with Gasteiger partial charge in [-0.05, 0) is 37.1 Å². The van der Waals surface area contributed by atoms with Crippen molar-refractivity contribution in [1.82, 2.24) is 9.88 Å². The summed E-state index contributed by atoms with van der Waals surface area (Å²) in [4.78, 5) is 6.88. The van der Waals surface area contributed by atoms with Crippen LogP contribution in [0.15, 0.2) is 48.7 Å². The molecule has 0 saturated carbocycles. The molecule has 21 heavy (non-hydrogen) atoms. The first-order chi connectivity index (χ1) is 10.4. The minimum atomic E-state index is 0.888. The molecule has 0 N–H and O–H groups in total. The van der Waals surface area contributed by atoms with Gasteiger partial charge in [-0.2, -0.15) is 0 Å². The number of aromatic nitrogens is 1. The van der Waals surface area contributed by atoms with Crippen LogP contribution in [-0.2, 0) is 11.2 Å². The fraction of sp³-hybridized carbons (Fsp3) is 0.389. The summed E-state index contributed by atoms with van der Waals surface area (Å²) in [6.45, 7) is 5.11. The molecular formula is C18H22N2O. The van der Waals surface area contributed by atoms with E-state index in [9.17, 15) is 0 Å². The second kappa shape index (κ2) is 7.34. The van der Waals surface area contributed by atoms with Crippen LogP contribution in [0.1, 0.15) is 12.0 Å². The average molecular weight is 282 g/mol. The smallest absolute Gasteiger partial charge is 0.0701 e. The first kappa shape index (κ1) is 14.2. The van der Waals surface area contributed by atoms with Crippen molar-refractivity contribution in [3.8, 4) is 11.3 Å². The fourth-order valence-corrected chi connectivity index (χ4v) is 2.71. The summed E-state index contributed by atoms with van der Waals surface area (Å²) in [5.74, 6) is 0. The lowest BCUT2D eigenvalue weighted by Crippen LogP contribution is -2.36. The standard InChI is InChI=1S/C18H22N2O/c1-2-10-19-18(5-1)17-8-6-16(7-9-17)4-3-11-20-12-14-21-15-13-20/h1-2,5-10H,3-4,11-15H2. The molecule has 0 spiro atoms. The predicted molar refractivity (Wildman–Crippen MR) is 85.3 cm³/mol. The highest BCUT2D eigenvalue weighted by Crippen LogP contribution is 2.17. The molecule has 2 aromatic rings. The van der Waals surface area contributed by atoms with Gasteiger partial charge in [0.15, 0.2) is 0 Å². The molecule has 1 fully saturated rings. The lowest BCUT2D eigenvalue weighted by Gasteiger charge is -2.26. The molecule has 3 heteroatoms. The van der Waals surface area contributed by atoms with E-state index in [1.165, 1.54) is 24.1 Å². The molecule has 110 valence electrons. The quantitative estimate of drug-likeness (QED) is 0.843. The lowest BCUT2D eigenvalue weighted by molar-refractivity contribution is 0.0375. The van der Waals surface area contributed by atoms with E-state index in [0.29, 0.717) is 0 Å². The Balaban J connectivity index is 1.50. The van der Waals surface area contributed by atoms with Gasteiger partial charge in [0.05, 0.1) is 18.9 Å². The van der Waals surface area contributed by atoms with Crippen LogP contribution in [0.25, 0.3) is 11.3 Å². The molecular weight excluding hydrogens is 260 g/mol. The van der Waals surface area contributed by atoms with Crippen molar-refractivity contribution in [3.05, 3.63) is 54.2 Å². The normalized spacial score (nSPS) is 16.0. The number of rotatable bonds is 5. The molecule has 0 amide bonds. The van der Waals surface area contributed by atoms with Gasteiger partial charge in [0, 0.05) is 24.8 Å². The topological polar surface area (TPSA) is 25.4 Å². The Morgan fingerprint density at radius 3 is 2.52 bits per heavy atom. The van der Waals surface area contributed by atoms with Gasteiger partial charge in [0.2, 0.25) is 0 Å². The van der Waals surface area contributed by atoms with E-state index >= 15 is 0 Å². The number of morpholine rings is 1. The van der Waals surface area contributed by atoms with Gasteiger partial charge in [-0.3, -0.25) is 9.88 Å². The third-order valence-electron chi connectivity index (χ3n) is 3.96. The first-order valence-electron chi connectivity index (χ1n) is 7.72. The van der Waals surface area contributed by atoms with Gasteiger partial charge in [0.25, 0.3) is 0 Å². The van der Waals surface area contributed by atoms with Crippen molar-refractivity contribution in [2.45, 2.75) is 12.8 Å². The van der Waals surface area contributed by atoms with Crippen molar-refractivity contribution in [2.24, 2.45) is 0 Å². The van der Waals surface area contributed by atoms with E-state index in [1.54, 1.807) is 0 Å². The number of nitrogens with zero attached hydrogens (tertiary/aromatic N) is 2. The summed E-state index contributed by atoms with van der Waals surface area (Å²) in [6.07, 6.45) is 4.19. The van der Waals surface area contributed by atoms with Crippen LogP contribution in [-0.4, -0.2) is 42.7 Å². The SMILES string of the molecule is c1ccc(-c2ccc(CCCN3CCOCC3)cc2)nc1. The van der Waals surface area contributed by atoms with Crippen LogP contribution in [0.4, 0.5) is 0 Å². The zero-order valence-corrected chi connectivity index (χ0v) is 12.4. The Hall–Kier alpha value is -1.71. The third kappa shape index (κ3) is 4.13. The Morgan fingerprint density at radius 1 is 1.00 bits per heavy atom. The molecule has 2 heterocycles. The highest BCUT2D eigenvalue weighted by Gasteiger charge is 2.09. The second-order valence-electron chi connectivity index (χ2n) is 5.47. The van der Waals surface area contributed by atoms with Gasteiger partial charge < -0.3 is 4.74 Å². The molecule has 1 aliphatic heterocycles. The monoisotopic (exact) mass is 282 g/mol. The van der Waals surface area contributed by atoms with Crippen LogP contribution >= 0.6 is 0 Å². The third-order valence-corrected chi connectivity index (χ3v) is 3.96. The summed E-state index contributed by atoms with van der Waals surface area (Å²) in [6, 6.07) is 14.8. The average Bonchev–Trinajstić information content (AvgIpc) is 2.57. The number of pyridine rings is 1. The van der Waals surface area contributed by atoms with E-state index in [4.69, 9.17) is 4.74 Å². The van der Waals surface area contributed by atoms with Crippen LogP contribution < -0.4 is 0 Å². The van der Waals surface area contributed by atoms with E-state index in [-0.39, 0.29) is 0 Å². The van der Waals surface area contributed by atoms with E-state index in [2.05, 4.69) is 34.1 Å². The minimum Gasteiger partial charge on any atom is -0.379 e. The number of aryl methyl sites for hydroxylation is 1. The van der Waals surface area contributed by atoms with Crippen LogP contribution in [0.5, 0.6) is 0 Å². The van der Waals surface area contributed by atoms with Gasteiger partial charge in [-0.1, -0.05) is 30.3 Å². The Bertz CT molecular complexity index is 533. The molecule has 0 radical (unpaired) electrons. The first-order valence-corrected chi connectivity index (χ1v) is 7.72. The van der Waals surface area contributed by atoms with Gasteiger partial charge in [0.1, 0.15) is 0 Å². The number of hydrogen-bond donors (Lipinski definition) is 0. The zero-order chi connectivity index (χ0) is 14.3. The largest absolute Gasteiger partial charge is 0.379 e. The summed E-state index contributed by atoms with van der Waals surface area (Å²) in [7, 11) is 0. The molecule has 1 aromatic carbocycles. The van der Waals surface area contributed by atoms with Crippen molar-refractivity contribution >= 4 is 0 Å². The Labute approximate surface area is 126 Å². The number of benzene rings is 1. The van der Waals surface area contributed by atoms with E-state index < -0.39 is 0 Å². The Kier molecular flexibility index (Phi) is 4.98. The molecule has 1 aromatic heterocycles. The van der Waals surface area contributed by atoms with Gasteiger partial charge in [-0.15, -0.1) is 0 Å². The highest BCUT2D eigenvalue weighted by atomic mass is 16.5. The van der Waals surface area contributed by atoms with Crippen LogP contribution in [0.3, 0.4) is 0 Å². The molecule has 3 rings (SSSR count). The predicted octanol–water partition coefficient (Wildman–Crippen LogP) is 3.01. The maximum absolute atomic E-state index is 5.37. The molecule has 1 aliphatic rings. The van der Waals surface area contributed by atoms with Crippen molar-refractivity contribution in [3.63, 3.8) is 0 Å². The summed E-state index contributed by atoms with van der Waals surface area (Å²) >= 11 is 0. The molecule has 1 saturated heterocycles. The fourth-order valence-electron chi connectivity index (χ4n) is 2.71. The van der Waals surface area contributed by atoms with Gasteiger partial charge >= 0.3 is 0 Å². The minimum absolute atomic E-state index is 0.888. The van der Waals surface area contributed by atoms with Crippen molar-refractivity contribution in [2.75, 3.05) is 32.8 Å². The Morgan fingerprint density at radius 2 is 1.81 bits per heavy atom. The maximum Gasteiger partial charge on any atom is 0.0701 e. The zero-order valence-electron chi connectivity index (χ0n) is 12.4. The number of ether oxygens (including phenoxy) is 1. The van der Waals surface area contributed by atoms with E-state index in [0.717, 1.165) is 38.4 Å². The molecule has 0 unspecified atom stereocenters. The summed E-state index contributed by atoms with van der Waals surface area (Å²) in [5, 5.41) is 0. The number of hydrogen-bond acceptors (Lipinski definition) is 3. The van der Waals surface area contributed by atoms with Crippen LogP contribution in [0, 0.1) is 0 Å². The summed E-state index contributed by atoms with van der Waals surface area (Å²) in [5.41, 5.74) is 3.63. The molecule has 0 aliphatic carbocycles. The molecule has 0 bridgehead atoms. The van der Waals surface area contributed by atoms with Crippen LogP contribution in [0.2, 0.25) is 0 Å². The lowest BCUT2D eigenvalue weighted by atomic mass is 10.1. The van der Waals surface area contributed by atoms with E-state index in [1.807, 2.05) is 24.4 Å². The van der Waals surface area contributed by atoms with Crippen molar-refractivity contribution in [1.29, 1.82) is 0 Å².